The third-order valence-corrected chi connectivity index (χ3v) is 4.38. The van der Waals surface area contributed by atoms with Gasteiger partial charge in [0, 0.05) is 17.1 Å². The third kappa shape index (κ3) is 3.24. The molecule has 2 nitrogen and oxygen atoms in total. The minimum absolute atomic E-state index is 0.339. The number of hydrogen-bond acceptors (Lipinski definition) is 3. The van der Waals surface area contributed by atoms with Crippen LogP contribution in [0.1, 0.15) is 31.2 Å². The van der Waals surface area contributed by atoms with Crippen LogP contribution in [0.3, 0.4) is 0 Å². The van der Waals surface area contributed by atoms with Gasteiger partial charge in [-0.15, -0.1) is 11.8 Å². The lowest BCUT2D eigenvalue weighted by Gasteiger charge is -2.10. The molecule has 21 heavy (non-hydrogen) atoms. The van der Waals surface area contributed by atoms with E-state index in [-0.39, 0.29) is 0 Å². The molecule has 3 aromatic rings. The first-order valence-corrected chi connectivity index (χ1v) is 8.16. The Bertz CT molecular complexity index is 739. The van der Waals surface area contributed by atoms with Crippen LogP contribution in [-0.4, -0.2) is 9.97 Å². The number of aromatic nitrogens is 2. The zero-order valence-corrected chi connectivity index (χ0v) is 13.1. The van der Waals surface area contributed by atoms with Gasteiger partial charge in [-0.05, 0) is 11.6 Å². The highest BCUT2D eigenvalue weighted by atomic mass is 32.2. The minimum Gasteiger partial charge on any atom is -0.233 e. The zero-order chi connectivity index (χ0) is 14.7. The van der Waals surface area contributed by atoms with Crippen molar-refractivity contribution >= 4 is 22.7 Å². The summed E-state index contributed by atoms with van der Waals surface area (Å²) in [5.74, 6) is 2.19. The van der Waals surface area contributed by atoms with Crippen molar-refractivity contribution < 1.29 is 0 Å². The third-order valence-electron chi connectivity index (χ3n) is 3.32. The van der Waals surface area contributed by atoms with Gasteiger partial charge in [0.15, 0.2) is 0 Å². The summed E-state index contributed by atoms with van der Waals surface area (Å²) in [6, 6.07) is 18.8. The second-order valence-corrected chi connectivity index (χ2v) is 6.30. The SMILES string of the molecule is CC(C)c1nc(SCc2ccccc2)c2ccccc2n1. The van der Waals surface area contributed by atoms with Crippen molar-refractivity contribution in [2.75, 3.05) is 0 Å². The maximum Gasteiger partial charge on any atom is 0.132 e. The number of para-hydroxylation sites is 1. The van der Waals surface area contributed by atoms with E-state index in [1.165, 1.54) is 5.56 Å². The van der Waals surface area contributed by atoms with Gasteiger partial charge in [0.1, 0.15) is 10.9 Å². The van der Waals surface area contributed by atoms with Gasteiger partial charge in [0.2, 0.25) is 0 Å². The monoisotopic (exact) mass is 294 g/mol. The molecule has 0 unspecified atom stereocenters. The second-order valence-electron chi connectivity index (χ2n) is 5.33. The van der Waals surface area contributed by atoms with Gasteiger partial charge in [-0.2, -0.15) is 0 Å². The Hall–Kier alpha value is -1.87. The molecule has 0 aliphatic rings. The summed E-state index contributed by atoms with van der Waals surface area (Å²) >= 11 is 1.78. The highest BCUT2D eigenvalue weighted by Crippen LogP contribution is 2.29. The summed E-state index contributed by atoms with van der Waals surface area (Å²) < 4.78 is 0. The van der Waals surface area contributed by atoms with E-state index >= 15 is 0 Å². The molecule has 0 N–H and O–H groups in total. The van der Waals surface area contributed by atoms with Crippen molar-refractivity contribution in [1.82, 2.24) is 9.97 Å². The van der Waals surface area contributed by atoms with Gasteiger partial charge in [-0.25, -0.2) is 9.97 Å². The highest BCUT2D eigenvalue weighted by Gasteiger charge is 2.10. The summed E-state index contributed by atoms with van der Waals surface area (Å²) in [5, 5.41) is 2.22. The first-order valence-electron chi connectivity index (χ1n) is 7.17. The molecule has 0 fully saturated rings. The number of benzene rings is 2. The lowest BCUT2D eigenvalue weighted by molar-refractivity contribution is 0.766. The zero-order valence-electron chi connectivity index (χ0n) is 12.3. The van der Waals surface area contributed by atoms with E-state index in [9.17, 15) is 0 Å². The minimum atomic E-state index is 0.339. The van der Waals surface area contributed by atoms with Crippen molar-refractivity contribution in [3.63, 3.8) is 0 Å². The molecule has 0 saturated carbocycles. The number of nitrogens with zero attached hydrogens (tertiary/aromatic N) is 2. The van der Waals surface area contributed by atoms with Gasteiger partial charge in [0.05, 0.1) is 5.52 Å². The summed E-state index contributed by atoms with van der Waals surface area (Å²) in [5.41, 5.74) is 2.35. The molecule has 0 spiro atoms. The fourth-order valence-corrected chi connectivity index (χ4v) is 3.14. The molecule has 3 rings (SSSR count). The number of hydrogen-bond donors (Lipinski definition) is 0. The molecule has 3 heteroatoms. The normalized spacial score (nSPS) is 11.2. The summed E-state index contributed by atoms with van der Waals surface area (Å²) in [6.45, 7) is 4.27. The first kappa shape index (κ1) is 14.1. The van der Waals surface area contributed by atoms with Crippen LogP contribution in [0, 0.1) is 0 Å². The van der Waals surface area contributed by atoms with Crippen molar-refractivity contribution in [1.29, 1.82) is 0 Å². The van der Waals surface area contributed by atoms with E-state index in [4.69, 9.17) is 4.98 Å². The van der Waals surface area contributed by atoms with Crippen LogP contribution >= 0.6 is 11.8 Å². The van der Waals surface area contributed by atoms with Crippen LogP contribution in [0.15, 0.2) is 59.6 Å². The number of rotatable bonds is 4. The summed E-state index contributed by atoms with van der Waals surface area (Å²) in [4.78, 5) is 9.43. The quantitative estimate of drug-likeness (QED) is 0.497. The predicted octanol–water partition coefficient (Wildman–Crippen LogP) is 5.05. The number of thioether (sulfide) groups is 1. The molecule has 0 saturated heterocycles. The van der Waals surface area contributed by atoms with E-state index in [1.807, 2.05) is 18.2 Å². The molecule has 0 atom stereocenters. The fourth-order valence-electron chi connectivity index (χ4n) is 2.16. The van der Waals surface area contributed by atoms with Crippen LogP contribution in [0.4, 0.5) is 0 Å². The Kier molecular flexibility index (Phi) is 4.20. The average molecular weight is 294 g/mol. The van der Waals surface area contributed by atoms with Gasteiger partial charge < -0.3 is 0 Å². The van der Waals surface area contributed by atoms with Crippen LogP contribution in [0.25, 0.3) is 10.9 Å². The summed E-state index contributed by atoms with van der Waals surface area (Å²) in [7, 11) is 0. The van der Waals surface area contributed by atoms with Gasteiger partial charge >= 0.3 is 0 Å². The van der Waals surface area contributed by atoms with Crippen LogP contribution in [0.5, 0.6) is 0 Å². The molecular weight excluding hydrogens is 276 g/mol. The van der Waals surface area contributed by atoms with Crippen molar-refractivity contribution in [2.45, 2.75) is 30.5 Å². The predicted molar refractivity (Wildman–Crippen MR) is 89.6 cm³/mol. The van der Waals surface area contributed by atoms with E-state index in [1.54, 1.807) is 11.8 Å². The molecule has 0 amide bonds. The lowest BCUT2D eigenvalue weighted by Crippen LogP contribution is -2.00. The Balaban J connectivity index is 1.96. The molecule has 0 aliphatic heterocycles. The van der Waals surface area contributed by atoms with Gasteiger partial charge in [-0.1, -0.05) is 62.4 Å². The van der Waals surface area contributed by atoms with Crippen molar-refractivity contribution in [2.24, 2.45) is 0 Å². The smallest absolute Gasteiger partial charge is 0.132 e. The van der Waals surface area contributed by atoms with Crippen LogP contribution in [0.2, 0.25) is 0 Å². The summed E-state index contributed by atoms with van der Waals surface area (Å²) in [6.07, 6.45) is 0. The first-order chi connectivity index (χ1) is 10.2. The molecule has 1 heterocycles. The Morgan fingerprint density at radius 1 is 0.905 bits per heavy atom. The van der Waals surface area contributed by atoms with Crippen molar-refractivity contribution in [3.05, 3.63) is 66.0 Å². The molecule has 0 aliphatic carbocycles. The molecule has 2 aromatic carbocycles. The number of fused-ring (bicyclic) bond motifs is 1. The fraction of sp³-hybridized carbons (Fsp3) is 0.222. The van der Waals surface area contributed by atoms with Crippen LogP contribution in [-0.2, 0) is 5.75 Å². The van der Waals surface area contributed by atoms with E-state index < -0.39 is 0 Å². The highest BCUT2D eigenvalue weighted by molar-refractivity contribution is 7.98. The topological polar surface area (TPSA) is 25.8 Å². The van der Waals surface area contributed by atoms with Crippen LogP contribution < -0.4 is 0 Å². The standard InChI is InChI=1S/C18H18N2S/c1-13(2)17-19-16-11-7-6-10-15(16)18(20-17)21-12-14-8-4-3-5-9-14/h3-11,13H,12H2,1-2H3. The largest absolute Gasteiger partial charge is 0.233 e. The van der Waals surface area contributed by atoms with Gasteiger partial charge in [0.25, 0.3) is 0 Å². The Morgan fingerprint density at radius 2 is 1.62 bits per heavy atom. The average Bonchev–Trinajstić information content (AvgIpc) is 2.53. The van der Waals surface area contributed by atoms with Gasteiger partial charge in [-0.3, -0.25) is 0 Å². The van der Waals surface area contributed by atoms with E-state index in [0.29, 0.717) is 5.92 Å². The lowest BCUT2D eigenvalue weighted by atomic mass is 10.2. The maximum absolute atomic E-state index is 4.77. The molecule has 106 valence electrons. The molecule has 0 bridgehead atoms. The van der Waals surface area contributed by atoms with E-state index in [2.05, 4.69) is 55.2 Å². The second kappa shape index (κ2) is 6.27. The Morgan fingerprint density at radius 3 is 2.38 bits per heavy atom. The molecule has 1 aromatic heterocycles. The van der Waals surface area contributed by atoms with Crippen molar-refractivity contribution in [3.8, 4) is 0 Å². The molecular formula is C18H18N2S. The van der Waals surface area contributed by atoms with E-state index in [0.717, 1.165) is 27.5 Å². The molecule has 0 radical (unpaired) electrons. The maximum atomic E-state index is 4.77. The Labute approximate surface area is 129 Å².